The summed E-state index contributed by atoms with van der Waals surface area (Å²) in [6, 6.07) is 8.26. The van der Waals surface area contributed by atoms with Crippen LogP contribution >= 0.6 is 0 Å². The highest BCUT2D eigenvalue weighted by Gasteiger charge is 2.31. The molecule has 0 saturated carbocycles. The van der Waals surface area contributed by atoms with Crippen LogP contribution in [0, 0.1) is 0 Å². The number of piperazine rings is 1. The Morgan fingerprint density at radius 1 is 1.40 bits per heavy atom. The van der Waals surface area contributed by atoms with Gasteiger partial charge in [-0.15, -0.1) is 0 Å². The Labute approximate surface area is 119 Å². The molecule has 1 fully saturated rings. The molecule has 1 aromatic carbocycles. The Morgan fingerprint density at radius 3 is 3.10 bits per heavy atom. The first-order valence-electron chi connectivity index (χ1n) is 7.51. The molecular formula is C16H22N2O2. The van der Waals surface area contributed by atoms with Crippen molar-refractivity contribution in [2.45, 2.75) is 31.2 Å². The van der Waals surface area contributed by atoms with Gasteiger partial charge in [-0.3, -0.25) is 9.69 Å². The third-order valence-corrected chi connectivity index (χ3v) is 4.59. The first-order valence-corrected chi connectivity index (χ1v) is 7.51. The maximum absolute atomic E-state index is 11.4. The Balaban J connectivity index is 1.76. The number of fused-ring (bicyclic) bond motifs is 1. The number of carboxylic acid groups (broad SMARTS) is 1. The standard InChI is InChI=1S/C16H22N2O2/c19-16(20)15-10-17-8-9-18(15)11-13-6-3-5-12-4-1-2-7-14(12)13/h1-2,4,7,13,15,17H,3,5-6,8-11H2,(H,19,20). The molecule has 108 valence electrons. The molecule has 1 aliphatic carbocycles. The number of nitrogens with one attached hydrogen (secondary N) is 1. The van der Waals surface area contributed by atoms with Gasteiger partial charge >= 0.3 is 5.97 Å². The van der Waals surface area contributed by atoms with Crippen LogP contribution in [-0.2, 0) is 11.2 Å². The van der Waals surface area contributed by atoms with Gasteiger partial charge in [-0.1, -0.05) is 24.3 Å². The fraction of sp³-hybridized carbons (Fsp3) is 0.562. The third-order valence-electron chi connectivity index (χ3n) is 4.59. The highest BCUT2D eigenvalue weighted by molar-refractivity contribution is 5.74. The molecule has 0 amide bonds. The highest BCUT2D eigenvalue weighted by atomic mass is 16.4. The summed E-state index contributed by atoms with van der Waals surface area (Å²) >= 11 is 0. The normalized spacial score (nSPS) is 27.0. The van der Waals surface area contributed by atoms with Crippen molar-refractivity contribution in [2.24, 2.45) is 0 Å². The predicted molar refractivity (Wildman–Crippen MR) is 78.0 cm³/mol. The SMILES string of the molecule is O=C(O)C1CNCCN1CC1CCCc2ccccc21. The summed E-state index contributed by atoms with van der Waals surface area (Å²) in [5.41, 5.74) is 2.88. The van der Waals surface area contributed by atoms with Crippen molar-refractivity contribution in [1.82, 2.24) is 10.2 Å². The van der Waals surface area contributed by atoms with Crippen molar-refractivity contribution < 1.29 is 9.90 Å². The summed E-state index contributed by atoms with van der Waals surface area (Å²) in [5.74, 6) is -0.221. The van der Waals surface area contributed by atoms with Crippen LogP contribution < -0.4 is 5.32 Å². The quantitative estimate of drug-likeness (QED) is 0.876. The van der Waals surface area contributed by atoms with Crippen molar-refractivity contribution in [2.75, 3.05) is 26.2 Å². The molecule has 1 aromatic rings. The van der Waals surface area contributed by atoms with Gasteiger partial charge in [-0.25, -0.2) is 0 Å². The van der Waals surface area contributed by atoms with E-state index in [2.05, 4.69) is 34.5 Å². The maximum atomic E-state index is 11.4. The first kappa shape index (κ1) is 13.6. The van der Waals surface area contributed by atoms with E-state index in [0.717, 1.165) is 26.1 Å². The number of aliphatic carboxylic acids is 1. The lowest BCUT2D eigenvalue weighted by Crippen LogP contribution is -2.55. The number of nitrogens with zero attached hydrogens (tertiary/aromatic N) is 1. The highest BCUT2D eigenvalue weighted by Crippen LogP contribution is 2.32. The Morgan fingerprint density at radius 2 is 2.25 bits per heavy atom. The Hall–Kier alpha value is -1.39. The molecule has 1 heterocycles. The van der Waals surface area contributed by atoms with Crippen molar-refractivity contribution in [3.8, 4) is 0 Å². The number of rotatable bonds is 3. The van der Waals surface area contributed by atoms with E-state index in [1.54, 1.807) is 0 Å². The number of benzene rings is 1. The van der Waals surface area contributed by atoms with Gasteiger partial charge in [0.05, 0.1) is 0 Å². The summed E-state index contributed by atoms with van der Waals surface area (Å²) in [7, 11) is 0. The van der Waals surface area contributed by atoms with Crippen LogP contribution in [0.25, 0.3) is 0 Å². The van der Waals surface area contributed by atoms with Crippen molar-refractivity contribution in [3.05, 3.63) is 35.4 Å². The topological polar surface area (TPSA) is 52.6 Å². The van der Waals surface area contributed by atoms with E-state index in [4.69, 9.17) is 0 Å². The van der Waals surface area contributed by atoms with Gasteiger partial charge < -0.3 is 10.4 Å². The molecule has 0 radical (unpaired) electrons. The number of carboxylic acids is 1. The van der Waals surface area contributed by atoms with Gasteiger partial charge in [0.2, 0.25) is 0 Å². The van der Waals surface area contributed by atoms with Crippen LogP contribution in [0.2, 0.25) is 0 Å². The Kier molecular flexibility index (Phi) is 4.03. The van der Waals surface area contributed by atoms with Gasteiger partial charge in [-0.2, -0.15) is 0 Å². The molecule has 20 heavy (non-hydrogen) atoms. The van der Waals surface area contributed by atoms with Crippen LogP contribution in [0.1, 0.15) is 29.9 Å². The van der Waals surface area contributed by atoms with E-state index in [9.17, 15) is 9.90 Å². The summed E-state index contributed by atoms with van der Waals surface area (Å²) in [4.78, 5) is 13.5. The van der Waals surface area contributed by atoms with Crippen LogP contribution in [0.5, 0.6) is 0 Å². The van der Waals surface area contributed by atoms with Gasteiger partial charge in [0.15, 0.2) is 0 Å². The van der Waals surface area contributed by atoms with Crippen molar-refractivity contribution >= 4 is 5.97 Å². The van der Waals surface area contributed by atoms with E-state index >= 15 is 0 Å². The molecule has 1 aliphatic heterocycles. The third kappa shape index (κ3) is 2.72. The molecule has 3 rings (SSSR count). The molecule has 0 bridgehead atoms. The van der Waals surface area contributed by atoms with Crippen LogP contribution in [0.4, 0.5) is 0 Å². The molecule has 4 heteroatoms. The number of aryl methyl sites for hydroxylation is 1. The average molecular weight is 274 g/mol. The second kappa shape index (κ2) is 5.94. The van der Waals surface area contributed by atoms with E-state index in [1.165, 1.54) is 24.0 Å². The lowest BCUT2D eigenvalue weighted by atomic mass is 9.82. The molecule has 2 aliphatic rings. The zero-order chi connectivity index (χ0) is 13.9. The molecule has 1 saturated heterocycles. The second-order valence-electron chi connectivity index (χ2n) is 5.84. The van der Waals surface area contributed by atoms with Gasteiger partial charge in [0, 0.05) is 26.2 Å². The average Bonchev–Trinajstić information content (AvgIpc) is 2.48. The molecule has 4 nitrogen and oxygen atoms in total. The van der Waals surface area contributed by atoms with E-state index < -0.39 is 5.97 Å². The minimum absolute atomic E-state index is 0.377. The summed E-state index contributed by atoms with van der Waals surface area (Å²) in [6.07, 6.45) is 3.55. The van der Waals surface area contributed by atoms with Gasteiger partial charge in [-0.05, 0) is 36.3 Å². The molecule has 2 atom stereocenters. The second-order valence-corrected chi connectivity index (χ2v) is 5.84. The number of carbonyl (C=O) groups is 1. The van der Waals surface area contributed by atoms with Gasteiger partial charge in [0.25, 0.3) is 0 Å². The summed E-state index contributed by atoms with van der Waals surface area (Å²) in [5, 5.41) is 12.5. The van der Waals surface area contributed by atoms with Crippen LogP contribution in [0.15, 0.2) is 24.3 Å². The molecule has 0 aromatic heterocycles. The van der Waals surface area contributed by atoms with E-state index in [0.29, 0.717) is 12.5 Å². The minimum Gasteiger partial charge on any atom is -0.480 e. The maximum Gasteiger partial charge on any atom is 0.322 e. The number of hydrogen-bond donors (Lipinski definition) is 2. The smallest absolute Gasteiger partial charge is 0.322 e. The monoisotopic (exact) mass is 274 g/mol. The van der Waals surface area contributed by atoms with Crippen molar-refractivity contribution in [1.29, 1.82) is 0 Å². The lowest BCUT2D eigenvalue weighted by molar-refractivity contribution is -0.144. The molecular weight excluding hydrogens is 252 g/mol. The Bertz CT molecular complexity index is 489. The predicted octanol–water partition coefficient (Wildman–Crippen LogP) is 1.46. The van der Waals surface area contributed by atoms with Crippen molar-refractivity contribution in [3.63, 3.8) is 0 Å². The molecule has 2 unspecified atom stereocenters. The molecule has 2 N–H and O–H groups in total. The van der Waals surface area contributed by atoms with E-state index in [1.807, 2.05) is 0 Å². The van der Waals surface area contributed by atoms with Crippen LogP contribution in [-0.4, -0.2) is 48.2 Å². The van der Waals surface area contributed by atoms with E-state index in [-0.39, 0.29) is 6.04 Å². The fourth-order valence-electron chi connectivity index (χ4n) is 3.54. The zero-order valence-corrected chi connectivity index (χ0v) is 11.7. The largest absolute Gasteiger partial charge is 0.480 e. The fourth-order valence-corrected chi connectivity index (χ4v) is 3.54. The minimum atomic E-state index is -0.707. The van der Waals surface area contributed by atoms with Crippen LogP contribution in [0.3, 0.4) is 0 Å². The zero-order valence-electron chi connectivity index (χ0n) is 11.7. The number of hydrogen-bond acceptors (Lipinski definition) is 3. The lowest BCUT2D eigenvalue weighted by Gasteiger charge is -2.37. The van der Waals surface area contributed by atoms with Gasteiger partial charge in [0.1, 0.15) is 6.04 Å². The summed E-state index contributed by atoms with van der Waals surface area (Å²) < 4.78 is 0. The first-order chi connectivity index (χ1) is 9.75. The summed E-state index contributed by atoms with van der Waals surface area (Å²) in [6.45, 7) is 3.15. The molecule has 0 spiro atoms.